The smallest absolute Gasteiger partial charge is 0.115 e. The Labute approximate surface area is 230 Å². The summed E-state index contributed by atoms with van der Waals surface area (Å²) in [5.41, 5.74) is 9.82. The number of hydrogen-bond donors (Lipinski definition) is 0. The van der Waals surface area contributed by atoms with Crippen molar-refractivity contribution in [3.8, 4) is 0 Å². The van der Waals surface area contributed by atoms with Gasteiger partial charge >= 0.3 is 0 Å². The second-order valence-corrected chi connectivity index (χ2v) is 14.9. The van der Waals surface area contributed by atoms with Crippen molar-refractivity contribution in [2.24, 2.45) is 0 Å². The Morgan fingerprint density at radius 3 is 1.31 bits per heavy atom. The molecule has 2 nitrogen and oxygen atoms in total. The van der Waals surface area contributed by atoms with E-state index in [9.17, 15) is 0 Å². The number of nitrogens with zero attached hydrogens (tertiary/aromatic N) is 2. The molecule has 4 aromatic carbocycles. The summed E-state index contributed by atoms with van der Waals surface area (Å²) in [6.45, 7) is 5.03. The lowest BCUT2D eigenvalue weighted by molar-refractivity contribution is 1.41. The Hall–Kier alpha value is -4.60. The average molecular weight is 517 g/mol. The van der Waals surface area contributed by atoms with Crippen LogP contribution in [0.4, 0.5) is 0 Å². The summed E-state index contributed by atoms with van der Waals surface area (Å²) in [6, 6.07) is 43.6. The van der Waals surface area contributed by atoms with Crippen LogP contribution in [-0.2, 0) is 0 Å². The van der Waals surface area contributed by atoms with Gasteiger partial charge in [0.05, 0.1) is 11.0 Å². The topological polar surface area (TPSA) is 25.8 Å². The van der Waals surface area contributed by atoms with Crippen LogP contribution in [0, 0.1) is 0 Å². The van der Waals surface area contributed by atoms with Crippen LogP contribution in [0.15, 0.2) is 134 Å². The maximum atomic E-state index is 4.73. The second kappa shape index (κ2) is 9.30. The summed E-state index contributed by atoms with van der Waals surface area (Å²) in [4.78, 5) is 9.45. The highest BCUT2D eigenvalue weighted by molar-refractivity contribution is 7.13. The van der Waals surface area contributed by atoms with Crippen LogP contribution in [0.3, 0.4) is 0 Å². The minimum absolute atomic E-state index is 1.03. The number of rotatable bonds is 4. The highest BCUT2D eigenvalue weighted by atomic mass is 28.3. The minimum Gasteiger partial charge on any atom is -0.256 e. The molecule has 0 spiro atoms. The van der Waals surface area contributed by atoms with Crippen molar-refractivity contribution in [1.82, 2.24) is 9.97 Å². The molecule has 0 unspecified atom stereocenters. The third kappa shape index (κ3) is 3.77. The molecule has 0 N–H and O–H groups in total. The van der Waals surface area contributed by atoms with E-state index in [-0.39, 0.29) is 0 Å². The lowest BCUT2D eigenvalue weighted by Gasteiger charge is -2.28. The first-order chi connectivity index (χ1) is 19.1. The van der Waals surface area contributed by atoms with E-state index in [0.717, 1.165) is 11.0 Å². The Balaban J connectivity index is 1.66. The van der Waals surface area contributed by atoms with E-state index >= 15 is 0 Å². The molecule has 7 rings (SSSR count). The summed E-state index contributed by atoms with van der Waals surface area (Å²) >= 11 is 0. The van der Waals surface area contributed by atoms with Gasteiger partial charge in [-0.15, -0.1) is 0 Å². The molecule has 0 saturated carbocycles. The van der Waals surface area contributed by atoms with Crippen molar-refractivity contribution < 1.29 is 0 Å². The summed E-state index contributed by atoms with van der Waals surface area (Å²) in [7, 11) is -2.30. The molecule has 0 atom stereocenters. The van der Waals surface area contributed by atoms with Crippen molar-refractivity contribution in [1.29, 1.82) is 0 Å². The molecule has 6 aromatic rings. The number of pyridine rings is 2. The second-order valence-electron chi connectivity index (χ2n) is 10.6. The minimum atomic E-state index is -2.30. The van der Waals surface area contributed by atoms with Gasteiger partial charge in [0.1, 0.15) is 8.07 Å². The largest absolute Gasteiger partial charge is 0.256 e. The monoisotopic (exact) mass is 516 g/mol. The number of benzene rings is 4. The maximum absolute atomic E-state index is 4.73. The summed E-state index contributed by atoms with van der Waals surface area (Å²) in [5.74, 6) is 0. The fraction of sp³-hybridized carbons (Fsp3) is 0.0556. The first-order valence-corrected chi connectivity index (χ1v) is 16.4. The quantitative estimate of drug-likeness (QED) is 0.218. The Bertz CT molecular complexity index is 1770. The molecule has 3 heteroatoms. The first kappa shape index (κ1) is 23.5. The molecule has 2 aromatic heterocycles. The van der Waals surface area contributed by atoms with E-state index < -0.39 is 8.07 Å². The van der Waals surface area contributed by atoms with Crippen LogP contribution < -0.4 is 0 Å². The molecule has 3 heterocycles. The maximum Gasteiger partial charge on any atom is 0.115 e. The molecule has 0 fully saturated rings. The van der Waals surface area contributed by atoms with Gasteiger partial charge in [0, 0.05) is 23.2 Å². The van der Waals surface area contributed by atoms with Gasteiger partial charge < -0.3 is 0 Å². The molecule has 1 aliphatic heterocycles. The van der Waals surface area contributed by atoms with Gasteiger partial charge in [0.2, 0.25) is 0 Å². The van der Waals surface area contributed by atoms with Crippen LogP contribution in [0.2, 0.25) is 13.1 Å². The van der Waals surface area contributed by atoms with E-state index in [1.807, 2.05) is 12.4 Å². The van der Waals surface area contributed by atoms with E-state index in [1.165, 1.54) is 54.6 Å². The van der Waals surface area contributed by atoms with Crippen LogP contribution in [0.5, 0.6) is 0 Å². The zero-order valence-corrected chi connectivity index (χ0v) is 23.1. The number of allylic oxidation sites excluding steroid dienone is 2. The highest BCUT2D eigenvalue weighted by Gasteiger charge is 2.44. The van der Waals surface area contributed by atoms with E-state index in [1.54, 1.807) is 0 Å². The molecular formula is C36H28N2Si. The standard InChI is InChI=1S/C36H28N2Si/c1-39(2)35(29-17-9-21-31-27(29)19-11-23-37-31)33(25-13-5-3-6-14-25)34(26-15-7-4-8-16-26)36(39)30-18-10-22-32-28(30)20-12-24-38-32/h3-24H,1-2H3. The van der Waals surface area contributed by atoms with Gasteiger partial charge in [-0.25, -0.2) is 0 Å². The van der Waals surface area contributed by atoms with E-state index in [4.69, 9.17) is 9.97 Å². The zero-order chi connectivity index (χ0) is 26.4. The molecule has 39 heavy (non-hydrogen) atoms. The van der Waals surface area contributed by atoms with E-state index in [0.29, 0.717) is 0 Å². The normalized spacial score (nSPS) is 14.9. The molecule has 0 radical (unpaired) electrons. The fourth-order valence-corrected chi connectivity index (χ4v) is 10.2. The first-order valence-electron chi connectivity index (χ1n) is 13.4. The summed E-state index contributed by atoms with van der Waals surface area (Å²) in [5, 5.41) is 5.33. The number of hydrogen-bond acceptors (Lipinski definition) is 2. The summed E-state index contributed by atoms with van der Waals surface area (Å²) < 4.78 is 0. The van der Waals surface area contributed by atoms with Crippen molar-refractivity contribution in [3.05, 3.63) is 156 Å². The molecule has 186 valence electrons. The predicted octanol–water partition coefficient (Wildman–Crippen LogP) is 9.11. The van der Waals surface area contributed by atoms with Gasteiger partial charge in [-0.05, 0) is 68.1 Å². The molecule has 0 amide bonds. The van der Waals surface area contributed by atoms with Crippen LogP contribution in [0.1, 0.15) is 22.3 Å². The predicted molar refractivity (Wildman–Crippen MR) is 167 cm³/mol. The summed E-state index contributed by atoms with van der Waals surface area (Å²) in [6.07, 6.45) is 3.77. The Morgan fingerprint density at radius 2 is 0.872 bits per heavy atom. The SMILES string of the molecule is C[Si]1(C)C(c2cccc3ncccc23)=C(c2ccccc2)C(c2ccccc2)=C1c1cccc2ncccc12. The van der Waals surface area contributed by atoms with Crippen molar-refractivity contribution in [3.63, 3.8) is 0 Å². The lowest BCUT2D eigenvalue weighted by atomic mass is 9.88. The molecular weight excluding hydrogens is 488 g/mol. The number of fused-ring (bicyclic) bond motifs is 2. The van der Waals surface area contributed by atoms with Gasteiger partial charge in [0.25, 0.3) is 0 Å². The molecule has 0 saturated heterocycles. The molecule has 0 aliphatic carbocycles. The zero-order valence-electron chi connectivity index (χ0n) is 22.1. The lowest BCUT2D eigenvalue weighted by Crippen LogP contribution is -2.28. The Kier molecular flexibility index (Phi) is 5.61. The van der Waals surface area contributed by atoms with Gasteiger partial charge in [-0.3, -0.25) is 9.97 Å². The third-order valence-electron chi connectivity index (χ3n) is 7.95. The Morgan fingerprint density at radius 1 is 0.436 bits per heavy atom. The van der Waals surface area contributed by atoms with Crippen molar-refractivity contribution in [2.45, 2.75) is 13.1 Å². The fourth-order valence-electron chi connectivity index (χ4n) is 6.37. The third-order valence-corrected chi connectivity index (χ3v) is 11.5. The highest BCUT2D eigenvalue weighted by Crippen LogP contribution is 2.56. The van der Waals surface area contributed by atoms with Crippen LogP contribution >= 0.6 is 0 Å². The molecule has 1 aliphatic rings. The number of aromatic nitrogens is 2. The molecule has 0 bridgehead atoms. The van der Waals surface area contributed by atoms with Crippen LogP contribution in [0.25, 0.3) is 43.3 Å². The van der Waals surface area contributed by atoms with Gasteiger partial charge in [-0.1, -0.05) is 110 Å². The van der Waals surface area contributed by atoms with Gasteiger partial charge in [0.15, 0.2) is 0 Å². The van der Waals surface area contributed by atoms with Crippen LogP contribution in [-0.4, -0.2) is 18.0 Å². The van der Waals surface area contributed by atoms with Gasteiger partial charge in [-0.2, -0.15) is 0 Å². The van der Waals surface area contributed by atoms with E-state index in [2.05, 4.69) is 134 Å². The average Bonchev–Trinajstić information content (AvgIpc) is 3.24. The van der Waals surface area contributed by atoms with Crippen molar-refractivity contribution >= 4 is 51.4 Å². The van der Waals surface area contributed by atoms with Crippen molar-refractivity contribution in [2.75, 3.05) is 0 Å².